The molecule has 4 rings (SSSR count). The highest BCUT2D eigenvalue weighted by Crippen LogP contribution is 2.41. The van der Waals surface area contributed by atoms with Crippen LogP contribution in [0.25, 0.3) is 0 Å². The van der Waals surface area contributed by atoms with Crippen LogP contribution in [0.5, 0.6) is 0 Å². The van der Waals surface area contributed by atoms with E-state index >= 15 is 0 Å². The van der Waals surface area contributed by atoms with Gasteiger partial charge in [0.2, 0.25) is 5.91 Å². The van der Waals surface area contributed by atoms with Gasteiger partial charge in [0, 0.05) is 19.4 Å². The summed E-state index contributed by atoms with van der Waals surface area (Å²) in [5, 5.41) is 11.5. The average Bonchev–Trinajstić information content (AvgIpc) is 3.26. The smallest absolute Gasteiger partial charge is 0.223 e. The summed E-state index contributed by atoms with van der Waals surface area (Å²) in [5.41, 5.74) is 2.16. The van der Waals surface area contributed by atoms with E-state index in [1.807, 2.05) is 4.90 Å². The summed E-state index contributed by atoms with van der Waals surface area (Å²) in [4.78, 5) is 22.4. The minimum Gasteiger partial charge on any atom is -0.347 e. The van der Waals surface area contributed by atoms with Gasteiger partial charge in [-0.25, -0.2) is 9.67 Å². The van der Waals surface area contributed by atoms with Crippen molar-refractivity contribution in [3.05, 3.63) is 24.0 Å². The predicted octanol–water partition coefficient (Wildman–Crippen LogP) is 1.32. The Bertz CT molecular complexity index is 687. The number of aromatic amines is 1. The molecule has 2 aromatic rings. The highest BCUT2D eigenvalue weighted by molar-refractivity contribution is 5.77. The molecule has 8 nitrogen and oxygen atoms in total. The predicted molar refractivity (Wildman–Crippen MR) is 85.7 cm³/mol. The van der Waals surface area contributed by atoms with E-state index in [0.29, 0.717) is 13.0 Å². The van der Waals surface area contributed by atoms with Crippen LogP contribution in [0.15, 0.2) is 12.7 Å². The number of tetrazole rings is 1. The normalized spacial score (nSPS) is 19.9. The number of H-pyrrole nitrogens is 1. The van der Waals surface area contributed by atoms with Crippen molar-refractivity contribution in [1.82, 2.24) is 35.1 Å². The van der Waals surface area contributed by atoms with Crippen LogP contribution in [-0.4, -0.2) is 47.5 Å². The molecule has 8 heteroatoms. The number of rotatable bonds is 4. The summed E-state index contributed by atoms with van der Waals surface area (Å²) in [6.45, 7) is 2.14. The minimum absolute atomic E-state index is 0.0149. The fraction of sp³-hybridized carbons (Fsp3) is 0.688. The fourth-order valence-electron chi connectivity index (χ4n) is 4.15. The van der Waals surface area contributed by atoms with Crippen LogP contribution in [-0.2, 0) is 24.3 Å². The molecule has 1 amide bonds. The van der Waals surface area contributed by atoms with Crippen molar-refractivity contribution < 1.29 is 4.79 Å². The molecule has 0 atom stereocenters. The average molecular weight is 329 g/mol. The van der Waals surface area contributed by atoms with Gasteiger partial charge < -0.3 is 9.88 Å². The van der Waals surface area contributed by atoms with E-state index in [9.17, 15) is 4.79 Å². The third kappa shape index (κ3) is 3.05. The van der Waals surface area contributed by atoms with E-state index in [1.165, 1.54) is 19.3 Å². The van der Waals surface area contributed by atoms with E-state index in [0.717, 1.165) is 43.7 Å². The molecule has 0 aromatic carbocycles. The molecule has 128 valence electrons. The second-order valence-corrected chi connectivity index (χ2v) is 7.14. The first-order valence-electron chi connectivity index (χ1n) is 8.74. The number of amides is 1. The Balaban J connectivity index is 1.47. The largest absolute Gasteiger partial charge is 0.347 e. The molecule has 1 saturated carbocycles. The zero-order chi connectivity index (χ0) is 16.4. The molecule has 1 aliphatic carbocycles. The second-order valence-electron chi connectivity index (χ2n) is 7.14. The van der Waals surface area contributed by atoms with Crippen molar-refractivity contribution in [2.45, 2.75) is 58.0 Å². The lowest BCUT2D eigenvalue weighted by molar-refractivity contribution is -0.135. The quantitative estimate of drug-likeness (QED) is 0.913. The Labute approximate surface area is 140 Å². The van der Waals surface area contributed by atoms with Gasteiger partial charge in [0.25, 0.3) is 0 Å². The second kappa shape index (κ2) is 6.33. The van der Waals surface area contributed by atoms with E-state index in [-0.39, 0.29) is 11.3 Å². The number of nitrogens with one attached hydrogen (secondary N) is 1. The molecular formula is C16H23N7O. The van der Waals surface area contributed by atoms with Crippen LogP contribution in [0.4, 0.5) is 0 Å². The van der Waals surface area contributed by atoms with E-state index < -0.39 is 0 Å². The summed E-state index contributed by atoms with van der Waals surface area (Å²) in [7, 11) is 0. The fourth-order valence-corrected chi connectivity index (χ4v) is 4.15. The zero-order valence-electron chi connectivity index (χ0n) is 13.8. The Morgan fingerprint density at radius 1 is 1.29 bits per heavy atom. The van der Waals surface area contributed by atoms with Crippen LogP contribution in [0, 0.1) is 5.41 Å². The summed E-state index contributed by atoms with van der Waals surface area (Å²) in [6.07, 6.45) is 10.6. The highest BCUT2D eigenvalue weighted by Gasteiger charge is 2.37. The number of fused-ring (bicyclic) bond motifs is 1. The van der Waals surface area contributed by atoms with Gasteiger partial charge in [0.05, 0.1) is 30.8 Å². The van der Waals surface area contributed by atoms with Crippen molar-refractivity contribution >= 4 is 5.91 Å². The third-order valence-corrected chi connectivity index (χ3v) is 5.46. The van der Waals surface area contributed by atoms with Crippen LogP contribution < -0.4 is 0 Å². The molecule has 0 bridgehead atoms. The lowest BCUT2D eigenvalue weighted by Crippen LogP contribution is -2.41. The Morgan fingerprint density at radius 2 is 2.17 bits per heavy atom. The molecule has 1 N–H and O–H groups in total. The molecule has 0 radical (unpaired) electrons. The standard InChI is InChI=1S/C16H23N7O/c24-15(22-7-4-13-14(9-22)18-11-17-13)8-16(5-2-1-3-6-16)10-23-12-19-20-21-23/h11-12H,1-10H2,(H,17,18). The molecule has 24 heavy (non-hydrogen) atoms. The van der Waals surface area contributed by atoms with Crippen molar-refractivity contribution in [3.63, 3.8) is 0 Å². The molecular weight excluding hydrogens is 306 g/mol. The maximum absolute atomic E-state index is 13.0. The van der Waals surface area contributed by atoms with Crippen molar-refractivity contribution in [1.29, 1.82) is 0 Å². The number of aromatic nitrogens is 6. The first-order valence-corrected chi connectivity index (χ1v) is 8.74. The van der Waals surface area contributed by atoms with Crippen LogP contribution >= 0.6 is 0 Å². The summed E-state index contributed by atoms with van der Waals surface area (Å²) >= 11 is 0. The number of carbonyl (C=O) groups is 1. The van der Waals surface area contributed by atoms with Gasteiger partial charge >= 0.3 is 0 Å². The first kappa shape index (κ1) is 15.3. The van der Waals surface area contributed by atoms with Crippen molar-refractivity contribution in [3.8, 4) is 0 Å². The van der Waals surface area contributed by atoms with Gasteiger partial charge in [-0.05, 0) is 28.7 Å². The molecule has 1 fully saturated rings. The summed E-state index contributed by atoms with van der Waals surface area (Å²) in [5.74, 6) is 0.241. The van der Waals surface area contributed by atoms with Crippen LogP contribution in [0.2, 0.25) is 0 Å². The molecule has 0 unspecified atom stereocenters. The highest BCUT2D eigenvalue weighted by atomic mass is 16.2. The first-order chi connectivity index (χ1) is 11.7. The van der Waals surface area contributed by atoms with Gasteiger partial charge in [-0.2, -0.15) is 0 Å². The van der Waals surface area contributed by atoms with Gasteiger partial charge in [0.1, 0.15) is 6.33 Å². The molecule has 2 aliphatic rings. The zero-order valence-corrected chi connectivity index (χ0v) is 13.8. The summed E-state index contributed by atoms with van der Waals surface area (Å²) < 4.78 is 1.78. The summed E-state index contributed by atoms with van der Waals surface area (Å²) in [6, 6.07) is 0. The van der Waals surface area contributed by atoms with Gasteiger partial charge in [0.15, 0.2) is 0 Å². The third-order valence-electron chi connectivity index (χ3n) is 5.46. The lowest BCUT2D eigenvalue weighted by atomic mass is 9.71. The Kier molecular flexibility index (Phi) is 4.03. The van der Waals surface area contributed by atoms with Crippen LogP contribution in [0.3, 0.4) is 0 Å². The number of hydrogen-bond acceptors (Lipinski definition) is 5. The molecule has 0 spiro atoms. The number of nitrogens with zero attached hydrogens (tertiary/aromatic N) is 6. The van der Waals surface area contributed by atoms with Gasteiger partial charge in [-0.1, -0.05) is 19.3 Å². The number of imidazole rings is 1. The van der Waals surface area contributed by atoms with Gasteiger partial charge in [-0.15, -0.1) is 5.10 Å². The Morgan fingerprint density at radius 3 is 2.96 bits per heavy atom. The maximum atomic E-state index is 13.0. The minimum atomic E-state index is -0.0149. The van der Waals surface area contributed by atoms with Crippen LogP contribution in [0.1, 0.15) is 49.9 Å². The SMILES string of the molecule is O=C(CC1(Cn2cnnn2)CCCCC1)N1CCc2nc[nH]c2C1. The van der Waals surface area contributed by atoms with E-state index in [2.05, 4.69) is 25.5 Å². The van der Waals surface area contributed by atoms with E-state index in [1.54, 1.807) is 17.3 Å². The topological polar surface area (TPSA) is 92.6 Å². The molecule has 0 saturated heterocycles. The lowest BCUT2D eigenvalue weighted by Gasteiger charge is -2.38. The van der Waals surface area contributed by atoms with E-state index in [4.69, 9.17) is 0 Å². The van der Waals surface area contributed by atoms with Gasteiger partial charge in [-0.3, -0.25) is 4.79 Å². The molecule has 1 aliphatic heterocycles. The molecule has 2 aromatic heterocycles. The Hall–Kier alpha value is -2.25. The maximum Gasteiger partial charge on any atom is 0.223 e. The van der Waals surface area contributed by atoms with Crippen molar-refractivity contribution in [2.24, 2.45) is 5.41 Å². The van der Waals surface area contributed by atoms with Crippen molar-refractivity contribution in [2.75, 3.05) is 6.54 Å². The monoisotopic (exact) mass is 329 g/mol. The number of hydrogen-bond donors (Lipinski definition) is 1. The molecule has 3 heterocycles. The number of carbonyl (C=O) groups excluding carboxylic acids is 1.